The molecular weight excluding hydrogens is 294 g/mol. The summed E-state index contributed by atoms with van der Waals surface area (Å²) in [5, 5.41) is 12.7. The van der Waals surface area contributed by atoms with E-state index in [9.17, 15) is 5.11 Å². The molecule has 1 heterocycles. The van der Waals surface area contributed by atoms with Crippen LogP contribution in [0.3, 0.4) is 0 Å². The molecule has 0 aliphatic carbocycles. The van der Waals surface area contributed by atoms with Gasteiger partial charge in [0.15, 0.2) is 0 Å². The van der Waals surface area contributed by atoms with E-state index in [0.717, 1.165) is 15.8 Å². The molecule has 0 radical (unpaired) electrons. The predicted octanol–water partition coefficient (Wildman–Crippen LogP) is 3.10. The van der Waals surface area contributed by atoms with Gasteiger partial charge >= 0.3 is 0 Å². The van der Waals surface area contributed by atoms with E-state index in [2.05, 4.69) is 21.2 Å². The third kappa shape index (κ3) is 3.45. The van der Waals surface area contributed by atoms with E-state index >= 15 is 0 Å². The van der Waals surface area contributed by atoms with Crippen molar-refractivity contribution >= 4 is 15.9 Å². The zero-order valence-corrected chi connectivity index (χ0v) is 11.7. The third-order valence-corrected chi connectivity index (χ3v) is 3.18. The molecule has 0 amide bonds. The quantitative estimate of drug-likeness (QED) is 0.892. The van der Waals surface area contributed by atoms with E-state index in [4.69, 9.17) is 4.42 Å². The summed E-state index contributed by atoms with van der Waals surface area (Å²) in [6, 6.07) is 11.8. The van der Waals surface area contributed by atoms with E-state index in [1.165, 1.54) is 0 Å². The van der Waals surface area contributed by atoms with Gasteiger partial charge in [0.2, 0.25) is 0 Å². The van der Waals surface area contributed by atoms with Crippen LogP contribution < -0.4 is 5.32 Å². The summed E-state index contributed by atoms with van der Waals surface area (Å²) in [5.41, 5.74) is 1.11. The topological polar surface area (TPSA) is 45.4 Å². The second-order valence-electron chi connectivity index (χ2n) is 4.26. The molecule has 2 N–H and O–H groups in total. The Morgan fingerprint density at radius 3 is 2.56 bits per heavy atom. The highest BCUT2D eigenvalue weighted by Gasteiger charge is 2.16. The SMILES string of the molecule is C[C@H](O)CN[C@@H](c1ccc(Br)cc1)c1ccco1. The van der Waals surface area contributed by atoms with Crippen molar-refractivity contribution in [2.75, 3.05) is 6.54 Å². The van der Waals surface area contributed by atoms with Crippen LogP contribution in [-0.2, 0) is 0 Å². The Bertz CT molecular complexity index is 465. The van der Waals surface area contributed by atoms with Crippen LogP contribution in [-0.4, -0.2) is 17.8 Å². The molecule has 3 nitrogen and oxygen atoms in total. The lowest BCUT2D eigenvalue weighted by Gasteiger charge is -2.18. The molecule has 0 saturated carbocycles. The molecule has 0 fully saturated rings. The summed E-state index contributed by atoms with van der Waals surface area (Å²) < 4.78 is 6.50. The Hall–Kier alpha value is -1.10. The zero-order chi connectivity index (χ0) is 13.0. The van der Waals surface area contributed by atoms with Crippen LogP contribution in [0.25, 0.3) is 0 Å². The predicted molar refractivity (Wildman–Crippen MR) is 74.4 cm³/mol. The number of halogens is 1. The van der Waals surface area contributed by atoms with Crippen molar-refractivity contribution in [3.8, 4) is 0 Å². The average molecular weight is 310 g/mol. The van der Waals surface area contributed by atoms with Gasteiger partial charge in [0.25, 0.3) is 0 Å². The Morgan fingerprint density at radius 1 is 1.28 bits per heavy atom. The van der Waals surface area contributed by atoms with Crippen LogP contribution in [0.4, 0.5) is 0 Å². The fraction of sp³-hybridized carbons (Fsp3) is 0.286. The molecule has 1 aromatic heterocycles. The first kappa shape index (κ1) is 13.3. The lowest BCUT2D eigenvalue weighted by atomic mass is 10.0. The van der Waals surface area contributed by atoms with Crippen LogP contribution in [0.1, 0.15) is 24.3 Å². The number of aliphatic hydroxyl groups excluding tert-OH is 1. The molecule has 18 heavy (non-hydrogen) atoms. The summed E-state index contributed by atoms with van der Waals surface area (Å²) in [6.45, 7) is 2.27. The van der Waals surface area contributed by atoms with Gasteiger partial charge in [-0.1, -0.05) is 28.1 Å². The second-order valence-corrected chi connectivity index (χ2v) is 5.17. The van der Waals surface area contributed by atoms with Crippen LogP contribution in [0.5, 0.6) is 0 Å². The van der Waals surface area contributed by atoms with E-state index < -0.39 is 6.10 Å². The molecule has 4 heteroatoms. The fourth-order valence-corrected chi connectivity index (χ4v) is 2.05. The Morgan fingerprint density at radius 2 is 2.00 bits per heavy atom. The highest BCUT2D eigenvalue weighted by Crippen LogP contribution is 2.24. The summed E-state index contributed by atoms with van der Waals surface area (Å²) in [4.78, 5) is 0. The molecule has 96 valence electrons. The average Bonchev–Trinajstić information content (AvgIpc) is 2.85. The van der Waals surface area contributed by atoms with Gasteiger partial charge in [-0.15, -0.1) is 0 Å². The zero-order valence-electron chi connectivity index (χ0n) is 10.1. The smallest absolute Gasteiger partial charge is 0.125 e. The van der Waals surface area contributed by atoms with Crippen LogP contribution >= 0.6 is 15.9 Å². The van der Waals surface area contributed by atoms with Crippen molar-refractivity contribution in [1.29, 1.82) is 0 Å². The molecule has 0 unspecified atom stereocenters. The maximum atomic E-state index is 9.39. The number of aliphatic hydroxyl groups is 1. The highest BCUT2D eigenvalue weighted by molar-refractivity contribution is 9.10. The Kier molecular flexibility index (Phi) is 4.58. The van der Waals surface area contributed by atoms with Gasteiger partial charge in [-0.2, -0.15) is 0 Å². The van der Waals surface area contributed by atoms with Gasteiger partial charge in [0.05, 0.1) is 18.4 Å². The fourth-order valence-electron chi connectivity index (χ4n) is 1.78. The molecule has 2 rings (SSSR count). The largest absolute Gasteiger partial charge is 0.467 e. The molecule has 2 atom stereocenters. The van der Waals surface area contributed by atoms with E-state index in [-0.39, 0.29) is 6.04 Å². The van der Waals surface area contributed by atoms with Gasteiger partial charge in [-0.05, 0) is 36.8 Å². The second kappa shape index (κ2) is 6.18. The standard InChI is InChI=1S/C14H16BrNO2/c1-10(17)9-16-14(13-3-2-8-18-13)11-4-6-12(15)7-5-11/h2-8,10,14,16-17H,9H2,1H3/t10-,14-/m0/s1. The number of rotatable bonds is 5. The maximum absolute atomic E-state index is 9.39. The monoisotopic (exact) mass is 309 g/mol. The van der Waals surface area contributed by atoms with Gasteiger partial charge in [-0.3, -0.25) is 0 Å². The molecule has 2 aromatic rings. The minimum absolute atomic E-state index is 0.0392. The lowest BCUT2D eigenvalue weighted by molar-refractivity contribution is 0.186. The normalized spacial score (nSPS) is 14.4. The molecule has 0 spiro atoms. The molecule has 0 aliphatic heterocycles. The molecule has 1 aromatic carbocycles. The number of furan rings is 1. The molecular formula is C14H16BrNO2. The van der Waals surface area contributed by atoms with Crippen LogP contribution in [0.2, 0.25) is 0 Å². The number of hydrogen-bond acceptors (Lipinski definition) is 3. The number of nitrogens with one attached hydrogen (secondary N) is 1. The highest BCUT2D eigenvalue weighted by atomic mass is 79.9. The van der Waals surface area contributed by atoms with Gasteiger partial charge in [0.1, 0.15) is 5.76 Å². The van der Waals surface area contributed by atoms with E-state index in [1.54, 1.807) is 13.2 Å². The van der Waals surface area contributed by atoms with Crippen molar-refractivity contribution in [2.24, 2.45) is 0 Å². The molecule has 0 aliphatic rings. The first-order chi connectivity index (χ1) is 8.66. The van der Waals surface area contributed by atoms with E-state index in [0.29, 0.717) is 6.54 Å². The number of hydrogen-bond donors (Lipinski definition) is 2. The first-order valence-electron chi connectivity index (χ1n) is 5.87. The maximum Gasteiger partial charge on any atom is 0.125 e. The van der Waals surface area contributed by atoms with Crippen molar-refractivity contribution in [3.63, 3.8) is 0 Å². The van der Waals surface area contributed by atoms with Crippen molar-refractivity contribution < 1.29 is 9.52 Å². The lowest BCUT2D eigenvalue weighted by Crippen LogP contribution is -2.29. The van der Waals surface area contributed by atoms with Crippen LogP contribution in [0, 0.1) is 0 Å². The minimum atomic E-state index is -0.391. The molecule has 0 bridgehead atoms. The van der Waals surface area contributed by atoms with Gasteiger partial charge in [-0.25, -0.2) is 0 Å². The van der Waals surface area contributed by atoms with Crippen molar-refractivity contribution in [3.05, 3.63) is 58.5 Å². The van der Waals surface area contributed by atoms with Gasteiger partial charge < -0.3 is 14.8 Å². The summed E-state index contributed by atoms with van der Waals surface area (Å²) >= 11 is 3.42. The van der Waals surface area contributed by atoms with Gasteiger partial charge in [0, 0.05) is 11.0 Å². The number of benzene rings is 1. The van der Waals surface area contributed by atoms with E-state index in [1.807, 2.05) is 36.4 Å². The minimum Gasteiger partial charge on any atom is -0.467 e. The van der Waals surface area contributed by atoms with Crippen LogP contribution in [0.15, 0.2) is 51.6 Å². The Balaban J connectivity index is 2.21. The first-order valence-corrected chi connectivity index (χ1v) is 6.66. The van der Waals surface area contributed by atoms with Crippen molar-refractivity contribution in [2.45, 2.75) is 19.1 Å². The summed E-state index contributed by atoms with van der Waals surface area (Å²) in [6.07, 6.45) is 1.27. The van der Waals surface area contributed by atoms with Crippen molar-refractivity contribution in [1.82, 2.24) is 5.32 Å². The summed E-state index contributed by atoms with van der Waals surface area (Å²) in [7, 11) is 0. The molecule has 0 saturated heterocycles. The summed E-state index contributed by atoms with van der Waals surface area (Å²) in [5.74, 6) is 0.845. The Labute approximate surface area is 115 Å². The third-order valence-electron chi connectivity index (χ3n) is 2.65.